The molecule has 140 valence electrons. The van der Waals surface area contributed by atoms with Gasteiger partial charge in [-0.1, -0.05) is 49.5 Å². The number of thiocarbonyl (C=S) groups is 1. The third-order valence-electron chi connectivity index (χ3n) is 3.90. The zero-order chi connectivity index (χ0) is 18.9. The van der Waals surface area contributed by atoms with Crippen LogP contribution in [0.25, 0.3) is 6.08 Å². The Morgan fingerprint density at radius 1 is 1.38 bits per heavy atom. The van der Waals surface area contributed by atoms with E-state index in [0.717, 1.165) is 24.2 Å². The normalized spacial score (nSPS) is 15.6. The van der Waals surface area contributed by atoms with Crippen LogP contribution in [-0.2, 0) is 9.59 Å². The van der Waals surface area contributed by atoms with E-state index in [1.165, 1.54) is 11.8 Å². The predicted octanol–water partition coefficient (Wildman–Crippen LogP) is 3.59. The van der Waals surface area contributed by atoms with E-state index < -0.39 is 0 Å². The number of thioether (sulfide) groups is 1. The number of carbonyl (C=O) groups excluding carboxylic acids is 2. The number of amides is 2. The third-order valence-corrected chi connectivity index (χ3v) is 5.28. The second kappa shape index (κ2) is 10.3. The lowest BCUT2D eigenvalue weighted by molar-refractivity contribution is -0.124. The second-order valence-electron chi connectivity index (χ2n) is 5.92. The lowest BCUT2D eigenvalue weighted by atomic mass is 10.2. The van der Waals surface area contributed by atoms with Crippen LogP contribution in [0.3, 0.4) is 0 Å². The summed E-state index contributed by atoms with van der Waals surface area (Å²) in [4.78, 5) is 26.5. The van der Waals surface area contributed by atoms with Gasteiger partial charge < -0.3 is 10.1 Å². The topological polar surface area (TPSA) is 58.6 Å². The number of carbonyl (C=O) groups is 2. The monoisotopic (exact) mass is 392 g/mol. The van der Waals surface area contributed by atoms with E-state index in [9.17, 15) is 9.59 Å². The molecule has 26 heavy (non-hydrogen) atoms. The minimum Gasteiger partial charge on any atom is -0.497 e. The molecule has 0 atom stereocenters. The van der Waals surface area contributed by atoms with Crippen LogP contribution in [0.2, 0.25) is 0 Å². The highest BCUT2D eigenvalue weighted by atomic mass is 32.2. The van der Waals surface area contributed by atoms with Gasteiger partial charge in [-0.05, 0) is 36.6 Å². The van der Waals surface area contributed by atoms with Gasteiger partial charge >= 0.3 is 0 Å². The van der Waals surface area contributed by atoms with Gasteiger partial charge in [0.25, 0.3) is 5.91 Å². The number of methoxy groups -OCH3 is 1. The maximum Gasteiger partial charge on any atom is 0.266 e. The number of benzene rings is 1. The molecule has 1 heterocycles. The third kappa shape index (κ3) is 5.85. The van der Waals surface area contributed by atoms with Crippen molar-refractivity contribution in [3.63, 3.8) is 0 Å². The van der Waals surface area contributed by atoms with E-state index in [2.05, 4.69) is 12.2 Å². The van der Waals surface area contributed by atoms with Crippen LogP contribution in [0.1, 0.15) is 38.2 Å². The molecule has 5 nitrogen and oxygen atoms in total. The van der Waals surface area contributed by atoms with Crippen LogP contribution in [0, 0.1) is 0 Å². The number of hydrogen-bond donors (Lipinski definition) is 1. The highest BCUT2D eigenvalue weighted by molar-refractivity contribution is 8.26. The number of nitrogens with zero attached hydrogens (tertiary/aromatic N) is 1. The van der Waals surface area contributed by atoms with Crippen molar-refractivity contribution in [3.8, 4) is 5.75 Å². The molecule has 1 saturated heterocycles. The second-order valence-corrected chi connectivity index (χ2v) is 7.59. The average molecular weight is 393 g/mol. The standard InChI is InChI=1S/C19H24N2O3S2/c1-3-4-10-20-17(22)9-6-11-21-18(23)16(26-19(21)25)13-14-7-5-8-15(12-14)24-2/h5,7-8,12-13H,3-4,6,9-11H2,1-2H3,(H,20,22)/b16-13-. The summed E-state index contributed by atoms with van der Waals surface area (Å²) in [6.07, 6.45) is 4.85. The Kier molecular flexibility index (Phi) is 8.12. The van der Waals surface area contributed by atoms with Crippen molar-refractivity contribution in [2.75, 3.05) is 20.2 Å². The summed E-state index contributed by atoms with van der Waals surface area (Å²) in [6.45, 7) is 3.25. The summed E-state index contributed by atoms with van der Waals surface area (Å²) < 4.78 is 5.74. The number of unbranched alkanes of at least 4 members (excludes halogenated alkanes) is 1. The Morgan fingerprint density at radius 3 is 2.92 bits per heavy atom. The highest BCUT2D eigenvalue weighted by Gasteiger charge is 2.31. The molecule has 2 amide bonds. The van der Waals surface area contributed by atoms with Gasteiger partial charge in [0.2, 0.25) is 5.91 Å². The zero-order valence-corrected chi connectivity index (χ0v) is 16.8. The van der Waals surface area contributed by atoms with Gasteiger partial charge in [0.05, 0.1) is 12.0 Å². The molecule has 1 aliphatic rings. The number of nitrogens with one attached hydrogen (secondary N) is 1. The summed E-state index contributed by atoms with van der Waals surface area (Å²) in [6, 6.07) is 7.51. The van der Waals surface area contributed by atoms with Crippen molar-refractivity contribution in [1.82, 2.24) is 10.2 Å². The molecule has 1 fully saturated rings. The van der Waals surface area contributed by atoms with E-state index in [-0.39, 0.29) is 11.8 Å². The summed E-state index contributed by atoms with van der Waals surface area (Å²) in [5.41, 5.74) is 0.889. The van der Waals surface area contributed by atoms with Gasteiger partial charge in [-0.3, -0.25) is 14.5 Å². The van der Waals surface area contributed by atoms with Crippen molar-refractivity contribution in [3.05, 3.63) is 34.7 Å². The molecule has 0 saturated carbocycles. The molecule has 0 unspecified atom stereocenters. The fourth-order valence-corrected chi connectivity index (χ4v) is 3.77. The fraction of sp³-hybridized carbons (Fsp3) is 0.421. The molecule has 0 bridgehead atoms. The first kappa shape index (κ1) is 20.5. The largest absolute Gasteiger partial charge is 0.497 e. The van der Waals surface area contributed by atoms with E-state index in [4.69, 9.17) is 17.0 Å². The van der Waals surface area contributed by atoms with Crippen LogP contribution in [0.4, 0.5) is 0 Å². The molecular formula is C19H24N2O3S2. The maximum atomic E-state index is 12.6. The van der Waals surface area contributed by atoms with E-state index in [1.807, 2.05) is 30.3 Å². The highest BCUT2D eigenvalue weighted by Crippen LogP contribution is 2.33. The Morgan fingerprint density at radius 2 is 2.19 bits per heavy atom. The Labute approximate surface area is 164 Å². The predicted molar refractivity (Wildman–Crippen MR) is 110 cm³/mol. The number of ether oxygens (including phenoxy) is 1. The van der Waals surface area contributed by atoms with Gasteiger partial charge in [0.15, 0.2) is 0 Å². The minimum absolute atomic E-state index is 0.0239. The smallest absolute Gasteiger partial charge is 0.266 e. The van der Waals surface area contributed by atoms with Crippen molar-refractivity contribution in [2.45, 2.75) is 32.6 Å². The molecular weight excluding hydrogens is 368 g/mol. The minimum atomic E-state index is -0.103. The van der Waals surface area contributed by atoms with Crippen LogP contribution < -0.4 is 10.1 Å². The summed E-state index contributed by atoms with van der Waals surface area (Å²) in [5.74, 6) is 0.660. The molecule has 1 aromatic rings. The lowest BCUT2D eigenvalue weighted by Crippen LogP contribution is -2.30. The maximum absolute atomic E-state index is 12.6. The van der Waals surface area contributed by atoms with E-state index in [1.54, 1.807) is 12.0 Å². The molecule has 1 aliphatic heterocycles. The Balaban J connectivity index is 1.89. The van der Waals surface area contributed by atoms with Crippen molar-refractivity contribution < 1.29 is 14.3 Å². The molecule has 0 aliphatic carbocycles. The molecule has 1 aromatic carbocycles. The summed E-state index contributed by atoms with van der Waals surface area (Å²) in [5, 5.41) is 2.88. The van der Waals surface area contributed by atoms with Gasteiger partial charge in [0.1, 0.15) is 10.1 Å². The van der Waals surface area contributed by atoms with E-state index in [0.29, 0.717) is 35.2 Å². The van der Waals surface area contributed by atoms with Gasteiger partial charge in [-0.25, -0.2) is 0 Å². The van der Waals surface area contributed by atoms with E-state index >= 15 is 0 Å². The Hall–Kier alpha value is -1.86. The Bertz CT molecular complexity index is 704. The van der Waals surface area contributed by atoms with Crippen LogP contribution >= 0.6 is 24.0 Å². The number of hydrogen-bond acceptors (Lipinski definition) is 5. The number of rotatable bonds is 9. The van der Waals surface area contributed by atoms with Crippen molar-refractivity contribution in [1.29, 1.82) is 0 Å². The summed E-state index contributed by atoms with van der Waals surface area (Å²) in [7, 11) is 1.61. The van der Waals surface area contributed by atoms with Crippen molar-refractivity contribution >= 4 is 46.2 Å². The van der Waals surface area contributed by atoms with Crippen molar-refractivity contribution in [2.24, 2.45) is 0 Å². The quantitative estimate of drug-likeness (QED) is 0.395. The average Bonchev–Trinajstić information content (AvgIpc) is 2.89. The summed E-state index contributed by atoms with van der Waals surface area (Å²) >= 11 is 6.62. The first-order valence-corrected chi connectivity index (χ1v) is 9.93. The molecule has 7 heteroatoms. The molecule has 2 rings (SSSR count). The van der Waals surface area contributed by atoms with Crippen LogP contribution in [0.15, 0.2) is 29.2 Å². The lowest BCUT2D eigenvalue weighted by Gasteiger charge is -2.14. The molecule has 0 aromatic heterocycles. The molecule has 0 radical (unpaired) electrons. The van der Waals surface area contributed by atoms with Gasteiger partial charge in [-0.2, -0.15) is 0 Å². The molecule has 0 spiro atoms. The van der Waals surface area contributed by atoms with Gasteiger partial charge in [-0.15, -0.1) is 0 Å². The zero-order valence-electron chi connectivity index (χ0n) is 15.1. The van der Waals surface area contributed by atoms with Crippen LogP contribution in [-0.4, -0.2) is 41.2 Å². The van der Waals surface area contributed by atoms with Crippen LogP contribution in [0.5, 0.6) is 5.75 Å². The first-order valence-electron chi connectivity index (χ1n) is 8.71. The molecule has 1 N–H and O–H groups in total. The SMILES string of the molecule is CCCCNC(=O)CCCN1C(=O)/C(=C/c2cccc(OC)c2)SC1=S. The first-order chi connectivity index (χ1) is 12.5. The van der Waals surface area contributed by atoms with Gasteiger partial charge in [0, 0.05) is 19.5 Å². The fourth-order valence-electron chi connectivity index (χ4n) is 2.47.